The molecule has 0 radical (unpaired) electrons. The van der Waals surface area contributed by atoms with E-state index in [4.69, 9.17) is 23.2 Å². The molecule has 1 aromatic heterocycles. The van der Waals surface area contributed by atoms with E-state index in [1.165, 1.54) is 0 Å². The zero-order valence-electron chi connectivity index (χ0n) is 9.34. The van der Waals surface area contributed by atoms with Gasteiger partial charge >= 0.3 is 0 Å². The van der Waals surface area contributed by atoms with Crippen LogP contribution >= 0.6 is 34.5 Å². The molecular formula is C12H12Cl2N2S. The highest BCUT2D eigenvalue weighted by Crippen LogP contribution is 2.25. The van der Waals surface area contributed by atoms with Gasteiger partial charge in [0.25, 0.3) is 0 Å². The van der Waals surface area contributed by atoms with E-state index in [0.717, 1.165) is 22.8 Å². The molecule has 0 bridgehead atoms. The summed E-state index contributed by atoms with van der Waals surface area (Å²) in [6.45, 7) is 3.44. The van der Waals surface area contributed by atoms with Crippen LogP contribution in [-0.2, 0) is 13.1 Å². The van der Waals surface area contributed by atoms with Gasteiger partial charge in [-0.2, -0.15) is 0 Å². The molecule has 0 atom stereocenters. The minimum atomic E-state index is 0.593. The SMILES string of the molecule is Cc1nc(CNCc2cccc(Cl)c2Cl)cs1. The largest absolute Gasteiger partial charge is 0.307 e. The Hall–Kier alpha value is -0.610. The summed E-state index contributed by atoms with van der Waals surface area (Å²) in [7, 11) is 0. The van der Waals surface area contributed by atoms with Crippen molar-refractivity contribution in [1.29, 1.82) is 0 Å². The molecule has 1 N–H and O–H groups in total. The van der Waals surface area contributed by atoms with Crippen molar-refractivity contribution in [2.75, 3.05) is 0 Å². The van der Waals surface area contributed by atoms with Crippen molar-refractivity contribution in [3.8, 4) is 0 Å². The fourth-order valence-corrected chi connectivity index (χ4v) is 2.50. The Morgan fingerprint density at radius 3 is 2.82 bits per heavy atom. The van der Waals surface area contributed by atoms with Crippen LogP contribution in [0.25, 0.3) is 0 Å². The van der Waals surface area contributed by atoms with Crippen molar-refractivity contribution in [2.24, 2.45) is 0 Å². The van der Waals surface area contributed by atoms with Gasteiger partial charge in [-0.25, -0.2) is 4.98 Å². The van der Waals surface area contributed by atoms with Crippen LogP contribution in [0.3, 0.4) is 0 Å². The lowest BCUT2D eigenvalue weighted by atomic mass is 10.2. The lowest BCUT2D eigenvalue weighted by Gasteiger charge is -2.06. The van der Waals surface area contributed by atoms with E-state index < -0.39 is 0 Å². The van der Waals surface area contributed by atoms with Crippen LogP contribution in [0.2, 0.25) is 10.0 Å². The van der Waals surface area contributed by atoms with Crippen molar-refractivity contribution in [3.63, 3.8) is 0 Å². The Balaban J connectivity index is 1.92. The first-order valence-corrected chi connectivity index (χ1v) is 6.85. The Morgan fingerprint density at radius 1 is 1.29 bits per heavy atom. The summed E-state index contributed by atoms with van der Waals surface area (Å²) >= 11 is 13.7. The van der Waals surface area contributed by atoms with E-state index in [0.29, 0.717) is 16.6 Å². The molecule has 0 unspecified atom stereocenters. The highest BCUT2D eigenvalue weighted by atomic mass is 35.5. The zero-order valence-corrected chi connectivity index (χ0v) is 11.7. The minimum absolute atomic E-state index is 0.593. The van der Waals surface area contributed by atoms with E-state index in [2.05, 4.69) is 15.7 Å². The third-order valence-corrected chi connectivity index (χ3v) is 4.00. The first-order valence-electron chi connectivity index (χ1n) is 5.21. The summed E-state index contributed by atoms with van der Waals surface area (Å²) < 4.78 is 0. The van der Waals surface area contributed by atoms with Crippen LogP contribution in [0.1, 0.15) is 16.3 Å². The van der Waals surface area contributed by atoms with Crippen LogP contribution in [0, 0.1) is 6.92 Å². The Morgan fingerprint density at radius 2 is 2.12 bits per heavy atom. The molecular weight excluding hydrogens is 275 g/mol. The molecule has 2 rings (SSSR count). The average molecular weight is 287 g/mol. The van der Waals surface area contributed by atoms with Crippen LogP contribution in [0.4, 0.5) is 0 Å². The van der Waals surface area contributed by atoms with Crippen molar-refractivity contribution >= 4 is 34.5 Å². The average Bonchev–Trinajstić information content (AvgIpc) is 2.70. The monoisotopic (exact) mass is 286 g/mol. The van der Waals surface area contributed by atoms with Crippen molar-refractivity contribution in [3.05, 3.63) is 49.9 Å². The van der Waals surface area contributed by atoms with Crippen molar-refractivity contribution in [1.82, 2.24) is 10.3 Å². The summed E-state index contributed by atoms with van der Waals surface area (Å²) in [6, 6.07) is 5.66. The van der Waals surface area contributed by atoms with E-state index in [1.54, 1.807) is 17.4 Å². The molecule has 0 saturated heterocycles. The molecule has 0 aliphatic heterocycles. The molecule has 90 valence electrons. The second kappa shape index (κ2) is 5.83. The number of benzene rings is 1. The predicted molar refractivity (Wildman–Crippen MR) is 73.9 cm³/mol. The number of hydrogen-bond acceptors (Lipinski definition) is 3. The van der Waals surface area contributed by atoms with E-state index in [9.17, 15) is 0 Å². The summed E-state index contributed by atoms with van der Waals surface area (Å²) in [5.74, 6) is 0. The number of halogens is 2. The van der Waals surface area contributed by atoms with Crippen LogP contribution < -0.4 is 5.32 Å². The topological polar surface area (TPSA) is 24.9 Å². The van der Waals surface area contributed by atoms with Gasteiger partial charge in [0.15, 0.2) is 0 Å². The molecule has 1 aromatic carbocycles. The van der Waals surface area contributed by atoms with Gasteiger partial charge in [-0.1, -0.05) is 35.3 Å². The molecule has 17 heavy (non-hydrogen) atoms. The van der Waals surface area contributed by atoms with Gasteiger partial charge in [0.2, 0.25) is 0 Å². The number of hydrogen-bond donors (Lipinski definition) is 1. The van der Waals surface area contributed by atoms with E-state index in [-0.39, 0.29) is 0 Å². The zero-order chi connectivity index (χ0) is 12.3. The van der Waals surface area contributed by atoms with E-state index >= 15 is 0 Å². The molecule has 0 aliphatic rings. The number of thiazole rings is 1. The molecule has 0 fully saturated rings. The van der Waals surface area contributed by atoms with Crippen LogP contribution in [0.15, 0.2) is 23.6 Å². The van der Waals surface area contributed by atoms with Gasteiger partial charge in [-0.15, -0.1) is 11.3 Å². The van der Waals surface area contributed by atoms with Gasteiger partial charge in [0.1, 0.15) is 0 Å². The van der Waals surface area contributed by atoms with Gasteiger partial charge in [-0.3, -0.25) is 0 Å². The maximum absolute atomic E-state index is 6.09. The molecule has 0 spiro atoms. The number of aryl methyl sites for hydroxylation is 1. The molecule has 0 aliphatic carbocycles. The number of rotatable bonds is 4. The second-order valence-corrected chi connectivity index (χ2v) is 5.52. The minimum Gasteiger partial charge on any atom is -0.307 e. The normalized spacial score (nSPS) is 10.8. The lowest BCUT2D eigenvalue weighted by Crippen LogP contribution is -2.13. The van der Waals surface area contributed by atoms with Gasteiger partial charge in [0.05, 0.1) is 20.7 Å². The summed E-state index contributed by atoms with van der Waals surface area (Å²) in [5, 5.41) is 7.66. The highest BCUT2D eigenvalue weighted by molar-refractivity contribution is 7.09. The van der Waals surface area contributed by atoms with Gasteiger partial charge in [0, 0.05) is 18.5 Å². The smallest absolute Gasteiger partial charge is 0.0897 e. The molecule has 2 aromatic rings. The summed E-state index contributed by atoms with van der Waals surface area (Å²) in [6.07, 6.45) is 0. The quantitative estimate of drug-likeness (QED) is 0.917. The Bertz CT molecular complexity index is 511. The van der Waals surface area contributed by atoms with E-state index in [1.807, 2.05) is 19.1 Å². The van der Waals surface area contributed by atoms with Crippen molar-refractivity contribution in [2.45, 2.75) is 20.0 Å². The molecule has 1 heterocycles. The van der Waals surface area contributed by atoms with Gasteiger partial charge in [-0.05, 0) is 18.6 Å². The first-order chi connectivity index (χ1) is 8.16. The maximum atomic E-state index is 6.09. The third kappa shape index (κ3) is 3.42. The first kappa shape index (κ1) is 12.8. The fourth-order valence-electron chi connectivity index (χ4n) is 1.50. The molecule has 5 heteroatoms. The number of aromatic nitrogens is 1. The lowest BCUT2D eigenvalue weighted by molar-refractivity contribution is 0.682. The second-order valence-electron chi connectivity index (χ2n) is 3.67. The Labute approximate surface area is 115 Å². The standard InChI is InChI=1S/C12H12Cl2N2S/c1-8-16-10(7-17-8)6-15-5-9-3-2-4-11(13)12(9)14/h2-4,7,15H,5-6H2,1H3. The molecule has 0 saturated carbocycles. The van der Waals surface area contributed by atoms with Crippen molar-refractivity contribution < 1.29 is 0 Å². The number of nitrogens with zero attached hydrogens (tertiary/aromatic N) is 1. The van der Waals surface area contributed by atoms with Gasteiger partial charge < -0.3 is 5.32 Å². The van der Waals surface area contributed by atoms with Crippen LogP contribution in [0.5, 0.6) is 0 Å². The van der Waals surface area contributed by atoms with Crippen LogP contribution in [-0.4, -0.2) is 4.98 Å². The predicted octanol–water partition coefficient (Wildman–Crippen LogP) is 4.05. The highest BCUT2D eigenvalue weighted by Gasteiger charge is 2.04. The summed E-state index contributed by atoms with van der Waals surface area (Å²) in [4.78, 5) is 4.38. The summed E-state index contributed by atoms with van der Waals surface area (Å²) in [5.41, 5.74) is 2.07. The molecule has 0 amide bonds. The molecule has 2 nitrogen and oxygen atoms in total. The fraction of sp³-hybridized carbons (Fsp3) is 0.250. The maximum Gasteiger partial charge on any atom is 0.0897 e. The third-order valence-electron chi connectivity index (χ3n) is 2.32. The number of nitrogens with one attached hydrogen (secondary N) is 1. The Kier molecular flexibility index (Phi) is 4.40.